The van der Waals surface area contributed by atoms with Crippen LogP contribution in [0.3, 0.4) is 0 Å². The second-order valence-electron chi connectivity index (χ2n) is 7.69. The quantitative estimate of drug-likeness (QED) is 0.735. The highest BCUT2D eigenvalue weighted by molar-refractivity contribution is 6.30. The highest BCUT2D eigenvalue weighted by Gasteiger charge is 2.33. The third-order valence-electron chi connectivity index (χ3n) is 5.09. The van der Waals surface area contributed by atoms with Crippen molar-refractivity contribution in [3.05, 3.63) is 58.9 Å². The van der Waals surface area contributed by atoms with E-state index in [2.05, 4.69) is 18.4 Å². The summed E-state index contributed by atoms with van der Waals surface area (Å²) in [7, 11) is 0. The van der Waals surface area contributed by atoms with Gasteiger partial charge in [0.15, 0.2) is 0 Å². The van der Waals surface area contributed by atoms with Crippen molar-refractivity contribution in [2.75, 3.05) is 19.6 Å². The lowest BCUT2D eigenvalue weighted by Gasteiger charge is -2.38. The van der Waals surface area contributed by atoms with E-state index in [1.165, 1.54) is 0 Å². The van der Waals surface area contributed by atoms with Crippen molar-refractivity contribution < 1.29 is 9.59 Å². The largest absolute Gasteiger partial charge is 0.348 e. The molecule has 0 saturated carbocycles. The molecule has 0 radical (unpaired) electrons. The number of nitrogens with zero attached hydrogens (tertiary/aromatic N) is 3. The summed E-state index contributed by atoms with van der Waals surface area (Å²) < 4.78 is 2.18. The van der Waals surface area contributed by atoms with Gasteiger partial charge in [-0.1, -0.05) is 44.5 Å². The molecule has 2 amide bonds. The first-order valence-electron chi connectivity index (χ1n) is 9.88. The van der Waals surface area contributed by atoms with Gasteiger partial charge < -0.3 is 14.4 Å². The standard InChI is InChI=1S/C22H28ClN3O2/c1-4-20(27)25(14-16(2)3)15-21(28)26-12-11-24-10-6-9-19(24)22(26)17-7-5-8-18(23)13-17/h5-10,13,16,22H,4,11-12,14-15H2,1-3H3/t22-/m1/s1. The molecular formula is C22H28ClN3O2. The van der Waals surface area contributed by atoms with Crippen LogP contribution in [0, 0.1) is 5.92 Å². The van der Waals surface area contributed by atoms with Crippen LogP contribution >= 0.6 is 11.6 Å². The zero-order chi connectivity index (χ0) is 20.3. The van der Waals surface area contributed by atoms with E-state index in [0.717, 1.165) is 17.8 Å². The molecule has 0 spiro atoms. The van der Waals surface area contributed by atoms with Crippen molar-refractivity contribution in [1.29, 1.82) is 0 Å². The van der Waals surface area contributed by atoms with Crippen molar-refractivity contribution in [1.82, 2.24) is 14.4 Å². The summed E-state index contributed by atoms with van der Waals surface area (Å²) in [6.07, 6.45) is 2.45. The van der Waals surface area contributed by atoms with Crippen molar-refractivity contribution >= 4 is 23.4 Å². The molecule has 2 heterocycles. The van der Waals surface area contributed by atoms with Crippen LogP contribution in [0.2, 0.25) is 5.02 Å². The molecule has 150 valence electrons. The van der Waals surface area contributed by atoms with Crippen LogP contribution in [0.25, 0.3) is 0 Å². The lowest BCUT2D eigenvalue weighted by atomic mass is 9.99. The second-order valence-corrected chi connectivity index (χ2v) is 8.13. The molecule has 3 rings (SSSR count). The molecule has 0 N–H and O–H groups in total. The van der Waals surface area contributed by atoms with Crippen LogP contribution in [0.1, 0.15) is 44.5 Å². The first-order chi connectivity index (χ1) is 13.4. The summed E-state index contributed by atoms with van der Waals surface area (Å²) in [6.45, 7) is 8.01. The lowest BCUT2D eigenvalue weighted by molar-refractivity contribution is -0.142. The molecule has 1 aliphatic heterocycles. The third-order valence-corrected chi connectivity index (χ3v) is 5.32. The molecule has 2 aromatic rings. The van der Waals surface area contributed by atoms with Gasteiger partial charge in [0.1, 0.15) is 0 Å². The Bertz CT molecular complexity index is 846. The van der Waals surface area contributed by atoms with Gasteiger partial charge in [-0.2, -0.15) is 0 Å². The fraction of sp³-hybridized carbons (Fsp3) is 0.455. The number of carbonyl (C=O) groups excluding carboxylic acids is 2. The average Bonchev–Trinajstić information content (AvgIpc) is 3.14. The number of amides is 2. The van der Waals surface area contributed by atoms with E-state index in [0.29, 0.717) is 30.5 Å². The van der Waals surface area contributed by atoms with Gasteiger partial charge in [-0.3, -0.25) is 9.59 Å². The SMILES string of the molecule is CCC(=O)N(CC(=O)N1CCn2cccc2[C@H]1c1cccc(Cl)c1)CC(C)C. The number of aromatic nitrogens is 1. The summed E-state index contributed by atoms with van der Waals surface area (Å²) in [5, 5.41) is 0.649. The van der Waals surface area contributed by atoms with Crippen LogP contribution in [0.5, 0.6) is 0 Å². The topological polar surface area (TPSA) is 45.6 Å². The van der Waals surface area contributed by atoms with E-state index in [4.69, 9.17) is 11.6 Å². The molecular weight excluding hydrogens is 374 g/mol. The molecule has 0 unspecified atom stereocenters. The minimum atomic E-state index is -0.201. The predicted octanol–water partition coefficient (Wildman–Crippen LogP) is 3.97. The average molecular weight is 402 g/mol. The van der Waals surface area contributed by atoms with Crippen LogP contribution in [0.15, 0.2) is 42.6 Å². The zero-order valence-corrected chi connectivity index (χ0v) is 17.5. The number of benzene rings is 1. The van der Waals surface area contributed by atoms with Gasteiger partial charge in [-0.25, -0.2) is 0 Å². The molecule has 0 aliphatic carbocycles. The number of rotatable bonds is 6. The summed E-state index contributed by atoms with van der Waals surface area (Å²) in [4.78, 5) is 29.2. The summed E-state index contributed by atoms with van der Waals surface area (Å²) in [5.41, 5.74) is 2.05. The van der Waals surface area contributed by atoms with Gasteiger partial charge in [0.05, 0.1) is 12.6 Å². The molecule has 0 saturated heterocycles. The highest BCUT2D eigenvalue weighted by atomic mass is 35.5. The van der Waals surface area contributed by atoms with Crippen LogP contribution in [0.4, 0.5) is 0 Å². The molecule has 6 heteroatoms. The van der Waals surface area contributed by atoms with E-state index in [1.54, 1.807) is 4.90 Å². The van der Waals surface area contributed by atoms with E-state index in [9.17, 15) is 9.59 Å². The zero-order valence-electron chi connectivity index (χ0n) is 16.8. The van der Waals surface area contributed by atoms with Crippen molar-refractivity contribution in [3.8, 4) is 0 Å². The van der Waals surface area contributed by atoms with Crippen LogP contribution in [-0.2, 0) is 16.1 Å². The summed E-state index contributed by atoms with van der Waals surface area (Å²) in [6, 6.07) is 11.5. The fourth-order valence-electron chi connectivity index (χ4n) is 3.85. The normalized spacial score (nSPS) is 16.2. The molecule has 1 atom stereocenters. The minimum Gasteiger partial charge on any atom is -0.348 e. The molecule has 5 nitrogen and oxygen atoms in total. The number of fused-ring (bicyclic) bond motifs is 1. The fourth-order valence-corrected chi connectivity index (χ4v) is 4.05. The third kappa shape index (κ3) is 4.41. The predicted molar refractivity (Wildman–Crippen MR) is 111 cm³/mol. The summed E-state index contributed by atoms with van der Waals surface area (Å²) in [5.74, 6) is 0.298. The first-order valence-corrected chi connectivity index (χ1v) is 10.3. The number of halogens is 1. The van der Waals surface area contributed by atoms with E-state index < -0.39 is 0 Å². The number of hydrogen-bond donors (Lipinski definition) is 0. The second kappa shape index (κ2) is 8.82. The maximum atomic E-state index is 13.3. The van der Waals surface area contributed by atoms with Gasteiger partial charge in [0.2, 0.25) is 11.8 Å². The van der Waals surface area contributed by atoms with Crippen LogP contribution in [-0.4, -0.2) is 45.8 Å². The smallest absolute Gasteiger partial charge is 0.243 e. The molecule has 1 aromatic carbocycles. The van der Waals surface area contributed by atoms with Gasteiger partial charge in [-0.15, -0.1) is 0 Å². The van der Waals surface area contributed by atoms with Gasteiger partial charge in [-0.05, 0) is 35.7 Å². The maximum absolute atomic E-state index is 13.3. The van der Waals surface area contributed by atoms with E-state index in [1.807, 2.05) is 54.4 Å². The Morgan fingerprint density at radius 3 is 2.68 bits per heavy atom. The summed E-state index contributed by atoms with van der Waals surface area (Å²) >= 11 is 6.23. The van der Waals surface area contributed by atoms with Gasteiger partial charge in [0.25, 0.3) is 0 Å². The van der Waals surface area contributed by atoms with Crippen molar-refractivity contribution in [2.24, 2.45) is 5.92 Å². The highest BCUT2D eigenvalue weighted by Crippen LogP contribution is 2.33. The van der Waals surface area contributed by atoms with Gasteiger partial charge in [0, 0.05) is 43.0 Å². The van der Waals surface area contributed by atoms with E-state index >= 15 is 0 Å². The molecule has 0 fully saturated rings. The Labute approximate surface area is 171 Å². The Kier molecular flexibility index (Phi) is 6.45. The number of carbonyl (C=O) groups is 2. The first kappa shape index (κ1) is 20.5. The Morgan fingerprint density at radius 2 is 2.00 bits per heavy atom. The van der Waals surface area contributed by atoms with Crippen LogP contribution < -0.4 is 0 Å². The molecule has 1 aromatic heterocycles. The van der Waals surface area contributed by atoms with Crippen molar-refractivity contribution in [3.63, 3.8) is 0 Å². The monoisotopic (exact) mass is 401 g/mol. The van der Waals surface area contributed by atoms with E-state index in [-0.39, 0.29) is 24.4 Å². The molecule has 0 bridgehead atoms. The van der Waals surface area contributed by atoms with Crippen molar-refractivity contribution in [2.45, 2.75) is 39.8 Å². The van der Waals surface area contributed by atoms with Gasteiger partial charge >= 0.3 is 0 Å². The number of hydrogen-bond acceptors (Lipinski definition) is 2. The molecule has 1 aliphatic rings. The Morgan fingerprint density at radius 1 is 1.21 bits per heavy atom. The molecule has 28 heavy (non-hydrogen) atoms. The lowest BCUT2D eigenvalue weighted by Crippen LogP contribution is -2.48. The Hall–Kier alpha value is -2.27. The minimum absolute atomic E-state index is 0.0155. The Balaban J connectivity index is 1.90. The maximum Gasteiger partial charge on any atom is 0.243 e.